The van der Waals surface area contributed by atoms with Gasteiger partial charge in [0.1, 0.15) is 0 Å². The first-order chi connectivity index (χ1) is 13.0. The zero-order chi connectivity index (χ0) is 19.6. The molecule has 0 spiro atoms. The lowest BCUT2D eigenvalue weighted by atomic mass is 10.1. The van der Waals surface area contributed by atoms with Crippen molar-refractivity contribution in [2.24, 2.45) is 0 Å². The van der Waals surface area contributed by atoms with Crippen molar-refractivity contribution in [2.75, 3.05) is 39.9 Å². The standard InChI is InChI=1S/C20H31N3O4/c1-4-26-18-12-16(20(25)22-13-15(2)21-3)8-9-17(18)27-14-19(24)23-10-6-5-7-11-23/h8-9,12,15,21H,4-7,10-11,13-14H2,1-3H3,(H,22,25). The summed E-state index contributed by atoms with van der Waals surface area (Å²) < 4.78 is 11.3. The van der Waals surface area contributed by atoms with Gasteiger partial charge >= 0.3 is 0 Å². The lowest BCUT2D eigenvalue weighted by Gasteiger charge is -2.26. The minimum atomic E-state index is -0.172. The summed E-state index contributed by atoms with van der Waals surface area (Å²) >= 11 is 0. The van der Waals surface area contributed by atoms with Gasteiger partial charge in [-0.2, -0.15) is 0 Å². The van der Waals surface area contributed by atoms with Crippen LogP contribution in [0.4, 0.5) is 0 Å². The summed E-state index contributed by atoms with van der Waals surface area (Å²) in [5.74, 6) is 0.759. The normalized spacial score (nSPS) is 15.1. The van der Waals surface area contributed by atoms with Crippen LogP contribution >= 0.6 is 0 Å². The fourth-order valence-electron chi connectivity index (χ4n) is 2.86. The zero-order valence-electron chi connectivity index (χ0n) is 16.5. The van der Waals surface area contributed by atoms with E-state index in [9.17, 15) is 9.59 Å². The Morgan fingerprint density at radius 3 is 2.56 bits per heavy atom. The Balaban J connectivity index is 1.99. The van der Waals surface area contributed by atoms with Crippen LogP contribution in [-0.2, 0) is 4.79 Å². The van der Waals surface area contributed by atoms with Crippen LogP contribution in [0.3, 0.4) is 0 Å². The zero-order valence-corrected chi connectivity index (χ0v) is 16.5. The molecule has 7 heteroatoms. The maximum atomic E-state index is 12.3. The van der Waals surface area contributed by atoms with Crippen molar-refractivity contribution < 1.29 is 19.1 Å². The molecule has 1 unspecified atom stereocenters. The Morgan fingerprint density at radius 2 is 1.89 bits per heavy atom. The van der Waals surface area contributed by atoms with Gasteiger partial charge in [0.2, 0.25) is 0 Å². The van der Waals surface area contributed by atoms with Gasteiger partial charge in [0.25, 0.3) is 11.8 Å². The van der Waals surface area contributed by atoms with Gasteiger partial charge in [-0.3, -0.25) is 9.59 Å². The van der Waals surface area contributed by atoms with Gasteiger partial charge in [0.05, 0.1) is 6.61 Å². The molecule has 1 heterocycles. The van der Waals surface area contributed by atoms with E-state index in [1.165, 1.54) is 6.42 Å². The van der Waals surface area contributed by atoms with Crippen molar-refractivity contribution in [3.8, 4) is 11.5 Å². The molecule has 2 N–H and O–H groups in total. The first-order valence-electron chi connectivity index (χ1n) is 9.68. The Labute approximate surface area is 161 Å². The van der Waals surface area contributed by atoms with Crippen LogP contribution in [0, 0.1) is 0 Å². The van der Waals surface area contributed by atoms with E-state index in [0.717, 1.165) is 25.9 Å². The molecule has 0 aliphatic carbocycles. The van der Waals surface area contributed by atoms with Crippen LogP contribution in [0.15, 0.2) is 18.2 Å². The summed E-state index contributed by atoms with van der Waals surface area (Å²) in [4.78, 5) is 26.4. The number of nitrogens with zero attached hydrogens (tertiary/aromatic N) is 1. The molecule has 7 nitrogen and oxygen atoms in total. The summed E-state index contributed by atoms with van der Waals surface area (Å²) in [5, 5.41) is 5.94. The van der Waals surface area contributed by atoms with E-state index >= 15 is 0 Å². The quantitative estimate of drug-likeness (QED) is 0.686. The minimum Gasteiger partial charge on any atom is -0.490 e. The highest BCUT2D eigenvalue weighted by Gasteiger charge is 2.18. The highest BCUT2D eigenvalue weighted by Crippen LogP contribution is 2.28. The number of hydrogen-bond donors (Lipinski definition) is 2. The third-order valence-corrected chi connectivity index (χ3v) is 4.63. The van der Waals surface area contributed by atoms with E-state index in [1.807, 2.05) is 25.8 Å². The predicted octanol–water partition coefficient (Wildman–Crippen LogP) is 1.81. The topological polar surface area (TPSA) is 79.9 Å². The van der Waals surface area contributed by atoms with E-state index in [2.05, 4.69) is 10.6 Å². The Kier molecular flexibility index (Phi) is 8.39. The maximum Gasteiger partial charge on any atom is 0.260 e. The van der Waals surface area contributed by atoms with E-state index in [-0.39, 0.29) is 24.5 Å². The molecule has 0 saturated carbocycles. The van der Waals surface area contributed by atoms with Gasteiger partial charge in [-0.15, -0.1) is 0 Å². The first kappa shape index (κ1) is 21.0. The third kappa shape index (κ3) is 6.43. The summed E-state index contributed by atoms with van der Waals surface area (Å²) in [5.41, 5.74) is 0.497. The number of rotatable bonds is 9. The van der Waals surface area contributed by atoms with Gasteiger partial charge in [0.15, 0.2) is 18.1 Å². The van der Waals surface area contributed by atoms with E-state index in [4.69, 9.17) is 9.47 Å². The highest BCUT2D eigenvalue weighted by atomic mass is 16.5. The molecule has 2 amide bonds. The van der Waals surface area contributed by atoms with Crippen molar-refractivity contribution in [3.63, 3.8) is 0 Å². The maximum absolute atomic E-state index is 12.3. The number of carbonyl (C=O) groups is 2. The number of likely N-dealkylation sites (tertiary alicyclic amines) is 1. The molecule has 150 valence electrons. The number of ether oxygens (including phenoxy) is 2. The smallest absolute Gasteiger partial charge is 0.260 e. The van der Waals surface area contributed by atoms with Gasteiger partial charge in [-0.1, -0.05) is 0 Å². The Bertz CT molecular complexity index is 630. The Morgan fingerprint density at radius 1 is 1.15 bits per heavy atom. The molecule has 1 aliphatic heterocycles. The lowest BCUT2D eigenvalue weighted by Crippen LogP contribution is -2.38. The second-order valence-corrected chi connectivity index (χ2v) is 6.72. The molecule has 1 aliphatic rings. The molecule has 2 rings (SSSR count). The van der Waals surface area contributed by atoms with Crippen molar-refractivity contribution in [3.05, 3.63) is 23.8 Å². The molecule has 1 aromatic carbocycles. The molecule has 1 fully saturated rings. The second kappa shape index (κ2) is 10.8. The van der Waals surface area contributed by atoms with E-state index in [1.54, 1.807) is 18.2 Å². The molecular weight excluding hydrogens is 346 g/mol. The molecule has 0 radical (unpaired) electrons. The largest absolute Gasteiger partial charge is 0.490 e. The number of benzene rings is 1. The number of hydrogen-bond acceptors (Lipinski definition) is 5. The van der Waals surface area contributed by atoms with Crippen molar-refractivity contribution in [1.82, 2.24) is 15.5 Å². The average Bonchev–Trinajstić information content (AvgIpc) is 2.71. The van der Waals surface area contributed by atoms with Crippen molar-refractivity contribution >= 4 is 11.8 Å². The van der Waals surface area contributed by atoms with Crippen LogP contribution in [0.5, 0.6) is 11.5 Å². The Hall–Kier alpha value is -2.28. The fourth-order valence-corrected chi connectivity index (χ4v) is 2.86. The number of carbonyl (C=O) groups excluding carboxylic acids is 2. The SMILES string of the molecule is CCOc1cc(C(=O)NCC(C)NC)ccc1OCC(=O)N1CCCCC1. The molecular formula is C20H31N3O4. The summed E-state index contributed by atoms with van der Waals surface area (Å²) in [6.45, 7) is 6.40. The van der Waals surface area contributed by atoms with Gasteiger partial charge < -0.3 is 25.0 Å². The first-order valence-corrected chi connectivity index (χ1v) is 9.68. The number of piperidine rings is 1. The summed E-state index contributed by atoms with van der Waals surface area (Å²) in [6.07, 6.45) is 3.27. The van der Waals surface area contributed by atoms with Gasteiger partial charge in [0, 0.05) is 31.2 Å². The van der Waals surface area contributed by atoms with E-state index in [0.29, 0.717) is 30.2 Å². The molecule has 0 aromatic heterocycles. The summed E-state index contributed by atoms with van der Waals surface area (Å²) in [6, 6.07) is 5.21. The number of nitrogens with one attached hydrogen (secondary N) is 2. The average molecular weight is 377 g/mol. The van der Waals surface area contributed by atoms with E-state index < -0.39 is 0 Å². The van der Waals surface area contributed by atoms with Gasteiger partial charge in [-0.25, -0.2) is 0 Å². The van der Waals surface area contributed by atoms with Crippen LogP contribution in [0.2, 0.25) is 0 Å². The molecule has 1 atom stereocenters. The van der Waals surface area contributed by atoms with Crippen molar-refractivity contribution in [1.29, 1.82) is 0 Å². The molecule has 0 bridgehead atoms. The molecule has 1 saturated heterocycles. The fraction of sp³-hybridized carbons (Fsp3) is 0.600. The third-order valence-electron chi connectivity index (χ3n) is 4.63. The van der Waals surface area contributed by atoms with Crippen LogP contribution < -0.4 is 20.1 Å². The summed E-state index contributed by atoms with van der Waals surface area (Å²) in [7, 11) is 1.85. The lowest BCUT2D eigenvalue weighted by molar-refractivity contribution is -0.134. The minimum absolute atomic E-state index is 0.0139. The van der Waals surface area contributed by atoms with Crippen LogP contribution in [-0.4, -0.2) is 62.7 Å². The van der Waals surface area contributed by atoms with Gasteiger partial charge in [-0.05, 0) is 58.4 Å². The molecule has 27 heavy (non-hydrogen) atoms. The highest BCUT2D eigenvalue weighted by molar-refractivity contribution is 5.94. The second-order valence-electron chi connectivity index (χ2n) is 6.72. The van der Waals surface area contributed by atoms with Crippen molar-refractivity contribution in [2.45, 2.75) is 39.2 Å². The predicted molar refractivity (Wildman–Crippen MR) is 104 cm³/mol. The number of amides is 2. The monoisotopic (exact) mass is 377 g/mol. The van der Waals surface area contributed by atoms with Crippen LogP contribution in [0.1, 0.15) is 43.5 Å². The van der Waals surface area contributed by atoms with Crippen LogP contribution in [0.25, 0.3) is 0 Å². The molecule has 1 aromatic rings. The number of likely N-dealkylation sites (N-methyl/N-ethyl adjacent to an activating group) is 1.